The van der Waals surface area contributed by atoms with E-state index in [1.54, 1.807) is 7.11 Å². The summed E-state index contributed by atoms with van der Waals surface area (Å²) in [6.45, 7) is 4.00. The second kappa shape index (κ2) is 16.2. The van der Waals surface area contributed by atoms with Crippen molar-refractivity contribution >= 4 is 0 Å². The third-order valence-corrected chi connectivity index (χ3v) is 7.77. The molecule has 0 unspecified atom stereocenters. The van der Waals surface area contributed by atoms with Gasteiger partial charge in [0.25, 0.3) is 0 Å². The predicted molar refractivity (Wildman–Crippen MR) is 160 cm³/mol. The van der Waals surface area contributed by atoms with Crippen LogP contribution in [0, 0.1) is 0 Å². The van der Waals surface area contributed by atoms with E-state index in [4.69, 9.17) is 33.2 Å². The molecule has 0 N–H and O–H groups in total. The molecule has 0 radical (unpaired) electrons. The number of fused-ring (bicyclic) bond motifs is 1. The van der Waals surface area contributed by atoms with Gasteiger partial charge in [-0.1, -0.05) is 105 Å². The number of hydrogen-bond acceptors (Lipinski definition) is 7. The first kappa shape index (κ1) is 30.7. The molecule has 0 bridgehead atoms. The molecule has 3 aromatic rings. The summed E-state index contributed by atoms with van der Waals surface area (Å²) in [5.74, 6) is 0.783. The molecule has 3 aromatic carbocycles. The normalized spacial score (nSPS) is 25.6. The molecule has 0 saturated carbocycles. The van der Waals surface area contributed by atoms with Crippen molar-refractivity contribution in [2.45, 2.75) is 89.2 Å². The third-order valence-electron chi connectivity index (χ3n) is 7.77. The van der Waals surface area contributed by atoms with Crippen LogP contribution in [0.1, 0.15) is 62.0 Å². The molecule has 2 fully saturated rings. The van der Waals surface area contributed by atoms with Crippen LogP contribution in [-0.4, -0.2) is 51.0 Å². The summed E-state index contributed by atoms with van der Waals surface area (Å²) in [6, 6.07) is 28.0. The van der Waals surface area contributed by atoms with E-state index in [9.17, 15) is 0 Å². The van der Waals surface area contributed by atoms with Crippen molar-refractivity contribution in [3.05, 3.63) is 102 Å². The lowest BCUT2D eigenvalue weighted by atomic mass is 9.97. The Kier molecular flexibility index (Phi) is 11.8. The number of methoxy groups -OCH3 is 1. The second-order valence-electron chi connectivity index (χ2n) is 10.9. The van der Waals surface area contributed by atoms with Crippen LogP contribution in [0.3, 0.4) is 0 Å². The van der Waals surface area contributed by atoms with E-state index in [1.807, 2.05) is 72.8 Å². The number of unbranched alkanes of at least 4 members (excludes halogenated alkanes) is 4. The number of ether oxygens (including phenoxy) is 7. The Hall–Kier alpha value is -2.78. The lowest BCUT2D eigenvalue weighted by Gasteiger charge is -2.49. The smallest absolute Gasteiger partial charge is 0.187 e. The van der Waals surface area contributed by atoms with Crippen LogP contribution in [0.5, 0.6) is 5.75 Å². The van der Waals surface area contributed by atoms with E-state index >= 15 is 0 Å². The number of hydrogen-bond donors (Lipinski definition) is 0. The second-order valence-corrected chi connectivity index (χ2v) is 10.9. The lowest BCUT2D eigenvalue weighted by molar-refractivity contribution is -0.373. The maximum atomic E-state index is 6.65. The summed E-state index contributed by atoms with van der Waals surface area (Å²) in [6.07, 6.45) is 2.93. The van der Waals surface area contributed by atoms with E-state index < -0.39 is 24.8 Å². The van der Waals surface area contributed by atoms with Crippen molar-refractivity contribution in [1.82, 2.24) is 0 Å². The van der Waals surface area contributed by atoms with Crippen molar-refractivity contribution in [2.24, 2.45) is 0 Å². The van der Waals surface area contributed by atoms with Gasteiger partial charge >= 0.3 is 0 Å². The summed E-state index contributed by atoms with van der Waals surface area (Å²) in [5.41, 5.74) is 3.05. The van der Waals surface area contributed by atoms with Gasteiger partial charge in [-0.2, -0.15) is 0 Å². The summed E-state index contributed by atoms with van der Waals surface area (Å²) >= 11 is 0. The average molecular weight is 577 g/mol. The lowest BCUT2D eigenvalue weighted by Crippen LogP contribution is -2.63. The van der Waals surface area contributed by atoms with Gasteiger partial charge < -0.3 is 33.2 Å². The molecular weight excluding hydrogens is 532 g/mol. The molecule has 7 nitrogen and oxygen atoms in total. The van der Waals surface area contributed by atoms with Crippen LogP contribution in [0.15, 0.2) is 84.9 Å². The first-order valence-electron chi connectivity index (χ1n) is 15.2. The summed E-state index contributed by atoms with van der Waals surface area (Å²) in [7, 11) is 1.66. The standard InChI is InChI=1S/C35H44O7/c1-3-4-5-6-13-22-37-32-31-30(25-40-34(42-31)28-18-20-29(36-2)21-19-28)41-35(39-24-27-16-11-8-12-17-27)33(32)38-23-26-14-9-7-10-15-26/h7-12,14-21,30-35H,3-6,13,22-25H2,1-2H3/t30-,31-,32+,33-,34-,35+/m1/s1. The molecule has 2 saturated heterocycles. The molecule has 2 aliphatic heterocycles. The summed E-state index contributed by atoms with van der Waals surface area (Å²) < 4.78 is 44.3. The minimum absolute atomic E-state index is 0.355. The minimum Gasteiger partial charge on any atom is -0.497 e. The molecule has 42 heavy (non-hydrogen) atoms. The fourth-order valence-electron chi connectivity index (χ4n) is 5.42. The van der Waals surface area contributed by atoms with Gasteiger partial charge in [0, 0.05) is 12.2 Å². The molecule has 226 valence electrons. The third kappa shape index (κ3) is 8.40. The van der Waals surface area contributed by atoms with E-state index in [-0.39, 0.29) is 12.2 Å². The van der Waals surface area contributed by atoms with Gasteiger partial charge in [0.05, 0.1) is 26.9 Å². The van der Waals surface area contributed by atoms with Gasteiger partial charge in [0.2, 0.25) is 0 Å². The highest BCUT2D eigenvalue weighted by atomic mass is 16.8. The molecule has 2 aliphatic rings. The Morgan fingerprint density at radius 1 is 0.690 bits per heavy atom. The Morgan fingerprint density at radius 2 is 1.36 bits per heavy atom. The molecule has 6 atom stereocenters. The van der Waals surface area contributed by atoms with Crippen molar-refractivity contribution in [3.8, 4) is 5.75 Å². The highest BCUT2D eigenvalue weighted by Gasteiger charge is 2.51. The Balaban J connectivity index is 1.36. The molecule has 0 aliphatic carbocycles. The van der Waals surface area contributed by atoms with Gasteiger partial charge in [0.15, 0.2) is 12.6 Å². The molecular formula is C35H44O7. The van der Waals surface area contributed by atoms with Crippen molar-refractivity contribution < 1.29 is 33.2 Å². The van der Waals surface area contributed by atoms with E-state index in [2.05, 4.69) is 19.1 Å². The molecule has 0 aromatic heterocycles. The topological polar surface area (TPSA) is 64.6 Å². The van der Waals surface area contributed by atoms with Crippen molar-refractivity contribution in [1.29, 1.82) is 0 Å². The van der Waals surface area contributed by atoms with Crippen LogP contribution in [0.2, 0.25) is 0 Å². The monoisotopic (exact) mass is 576 g/mol. The van der Waals surface area contributed by atoms with Crippen LogP contribution >= 0.6 is 0 Å². The van der Waals surface area contributed by atoms with Gasteiger partial charge in [-0.15, -0.1) is 0 Å². The SMILES string of the molecule is CCCCCCCO[C@@H]1[C@@H](OCc2ccccc2)[C@@H](OCc2ccccc2)O[C@@H]2CO[C@@H](c3ccc(OC)cc3)O[C@@H]12. The van der Waals surface area contributed by atoms with E-state index in [0.717, 1.165) is 35.3 Å². The summed E-state index contributed by atoms with van der Waals surface area (Å²) in [5, 5.41) is 0. The summed E-state index contributed by atoms with van der Waals surface area (Å²) in [4.78, 5) is 0. The molecule has 0 amide bonds. The Bertz CT molecular complexity index is 1160. The quantitative estimate of drug-likeness (QED) is 0.181. The predicted octanol–water partition coefficient (Wildman–Crippen LogP) is 6.99. The molecule has 5 rings (SSSR count). The van der Waals surface area contributed by atoms with E-state index in [1.165, 1.54) is 19.3 Å². The molecule has 7 heteroatoms. The number of rotatable bonds is 15. The first-order valence-corrected chi connectivity index (χ1v) is 15.2. The fourth-order valence-corrected chi connectivity index (χ4v) is 5.42. The maximum absolute atomic E-state index is 6.65. The van der Waals surface area contributed by atoms with Crippen LogP contribution in [-0.2, 0) is 41.6 Å². The zero-order valence-electron chi connectivity index (χ0n) is 24.8. The van der Waals surface area contributed by atoms with Crippen molar-refractivity contribution in [2.75, 3.05) is 20.3 Å². The highest BCUT2D eigenvalue weighted by molar-refractivity contribution is 5.28. The van der Waals surface area contributed by atoms with Gasteiger partial charge in [0.1, 0.15) is 30.2 Å². The number of benzene rings is 3. The van der Waals surface area contributed by atoms with Crippen LogP contribution < -0.4 is 4.74 Å². The Labute approximate surface area is 250 Å². The zero-order chi connectivity index (χ0) is 29.0. The minimum atomic E-state index is -0.648. The zero-order valence-corrected chi connectivity index (χ0v) is 24.8. The highest BCUT2D eigenvalue weighted by Crippen LogP contribution is 2.37. The first-order chi connectivity index (χ1) is 20.7. The maximum Gasteiger partial charge on any atom is 0.187 e. The van der Waals surface area contributed by atoms with Crippen LogP contribution in [0.4, 0.5) is 0 Å². The van der Waals surface area contributed by atoms with Crippen molar-refractivity contribution in [3.63, 3.8) is 0 Å². The Morgan fingerprint density at radius 3 is 2.02 bits per heavy atom. The average Bonchev–Trinajstić information content (AvgIpc) is 3.05. The van der Waals surface area contributed by atoms with Gasteiger partial charge in [-0.05, 0) is 29.7 Å². The molecule has 2 heterocycles. The van der Waals surface area contributed by atoms with Gasteiger partial charge in [-0.25, -0.2) is 0 Å². The van der Waals surface area contributed by atoms with Crippen LogP contribution in [0.25, 0.3) is 0 Å². The largest absolute Gasteiger partial charge is 0.497 e. The fraction of sp³-hybridized carbons (Fsp3) is 0.486. The molecule has 0 spiro atoms. The van der Waals surface area contributed by atoms with E-state index in [0.29, 0.717) is 26.4 Å². The van der Waals surface area contributed by atoms with Gasteiger partial charge in [-0.3, -0.25) is 0 Å².